The van der Waals surface area contributed by atoms with Gasteiger partial charge in [0.15, 0.2) is 5.96 Å². The predicted molar refractivity (Wildman–Crippen MR) is 96.8 cm³/mol. The number of benzene rings is 1. The molecule has 0 radical (unpaired) electrons. The molecule has 0 aliphatic heterocycles. The average Bonchev–Trinajstić information content (AvgIpc) is 2.65. The zero-order valence-electron chi connectivity index (χ0n) is 14.9. The monoisotopic (exact) mass is 346 g/mol. The van der Waals surface area contributed by atoms with E-state index in [1.54, 1.807) is 19.2 Å². The summed E-state index contributed by atoms with van der Waals surface area (Å²) in [5.41, 5.74) is 0.823. The van der Waals surface area contributed by atoms with Crippen molar-refractivity contribution < 1.29 is 9.13 Å². The first-order valence-corrected chi connectivity index (χ1v) is 8.97. The number of hydrogen-bond acceptors (Lipinski definition) is 3. The SMILES string of the molecule is CN=C(NCCCOC1CCCCC1)NCc1ccc(C#N)cc1F. The molecule has 1 aromatic carbocycles. The van der Waals surface area contributed by atoms with Gasteiger partial charge in [-0.15, -0.1) is 0 Å². The van der Waals surface area contributed by atoms with Crippen molar-refractivity contribution >= 4 is 5.96 Å². The molecule has 0 spiro atoms. The molecule has 0 aromatic heterocycles. The highest BCUT2D eigenvalue weighted by atomic mass is 19.1. The second kappa shape index (κ2) is 10.7. The van der Waals surface area contributed by atoms with Crippen molar-refractivity contribution in [2.24, 2.45) is 4.99 Å². The molecule has 5 nitrogen and oxygen atoms in total. The maximum atomic E-state index is 13.9. The molecule has 1 fully saturated rings. The lowest BCUT2D eigenvalue weighted by atomic mass is 9.98. The Morgan fingerprint density at radius 1 is 1.32 bits per heavy atom. The third-order valence-corrected chi connectivity index (χ3v) is 4.37. The van der Waals surface area contributed by atoms with E-state index in [9.17, 15) is 4.39 Å². The van der Waals surface area contributed by atoms with Crippen LogP contribution >= 0.6 is 0 Å². The van der Waals surface area contributed by atoms with Gasteiger partial charge in [-0.05, 0) is 31.4 Å². The molecule has 0 atom stereocenters. The minimum atomic E-state index is -0.386. The summed E-state index contributed by atoms with van der Waals surface area (Å²) in [4.78, 5) is 4.13. The second-order valence-corrected chi connectivity index (χ2v) is 6.25. The molecule has 1 aliphatic rings. The Morgan fingerprint density at radius 3 is 2.80 bits per heavy atom. The first kappa shape index (κ1) is 19.2. The first-order chi connectivity index (χ1) is 12.2. The molecular weight excluding hydrogens is 319 g/mol. The molecule has 2 rings (SSSR count). The van der Waals surface area contributed by atoms with E-state index in [1.807, 2.05) is 6.07 Å². The van der Waals surface area contributed by atoms with Gasteiger partial charge in [0.1, 0.15) is 5.82 Å². The zero-order valence-corrected chi connectivity index (χ0v) is 14.9. The summed E-state index contributed by atoms with van der Waals surface area (Å²) in [5.74, 6) is 0.240. The summed E-state index contributed by atoms with van der Waals surface area (Å²) in [6, 6.07) is 6.40. The number of ether oxygens (including phenoxy) is 1. The van der Waals surface area contributed by atoms with E-state index < -0.39 is 0 Å². The van der Waals surface area contributed by atoms with Gasteiger partial charge in [0.25, 0.3) is 0 Å². The smallest absolute Gasteiger partial charge is 0.191 e. The van der Waals surface area contributed by atoms with Crippen molar-refractivity contribution in [2.45, 2.75) is 51.2 Å². The number of nitrogens with one attached hydrogen (secondary N) is 2. The van der Waals surface area contributed by atoms with E-state index in [-0.39, 0.29) is 5.82 Å². The summed E-state index contributed by atoms with van der Waals surface area (Å²) in [5, 5.41) is 15.0. The summed E-state index contributed by atoms with van der Waals surface area (Å²) in [7, 11) is 1.68. The van der Waals surface area contributed by atoms with Gasteiger partial charge in [-0.3, -0.25) is 4.99 Å². The van der Waals surface area contributed by atoms with Crippen LogP contribution in [0.1, 0.15) is 49.7 Å². The quantitative estimate of drug-likeness (QED) is 0.452. The summed E-state index contributed by atoms with van der Waals surface area (Å²) in [6.45, 7) is 1.82. The second-order valence-electron chi connectivity index (χ2n) is 6.25. The molecule has 1 aromatic rings. The third kappa shape index (κ3) is 6.71. The zero-order chi connectivity index (χ0) is 17.9. The van der Waals surface area contributed by atoms with Crippen LogP contribution in [-0.4, -0.2) is 32.3 Å². The van der Waals surface area contributed by atoms with Crippen molar-refractivity contribution in [3.8, 4) is 6.07 Å². The number of halogens is 1. The van der Waals surface area contributed by atoms with Crippen LogP contribution in [0, 0.1) is 17.1 Å². The van der Waals surface area contributed by atoms with E-state index in [2.05, 4.69) is 15.6 Å². The normalized spacial score (nSPS) is 15.6. The van der Waals surface area contributed by atoms with E-state index in [0.717, 1.165) is 19.6 Å². The minimum absolute atomic E-state index is 0.315. The third-order valence-electron chi connectivity index (χ3n) is 4.37. The Kier molecular flexibility index (Phi) is 8.20. The lowest BCUT2D eigenvalue weighted by Crippen LogP contribution is -2.37. The Bertz CT molecular complexity index is 606. The average molecular weight is 346 g/mol. The topological polar surface area (TPSA) is 69.4 Å². The predicted octanol–water partition coefficient (Wildman–Crippen LogP) is 3.10. The molecule has 0 unspecified atom stereocenters. The van der Waals surface area contributed by atoms with Gasteiger partial charge < -0.3 is 15.4 Å². The molecule has 136 valence electrons. The standard InChI is InChI=1S/C19H27FN4O/c1-22-19(23-10-5-11-25-17-6-3-2-4-7-17)24-14-16-9-8-15(13-21)12-18(16)20/h8-9,12,17H,2-7,10-11,14H2,1H3,(H2,22,23,24). The van der Waals surface area contributed by atoms with Crippen LogP contribution in [-0.2, 0) is 11.3 Å². The molecule has 6 heteroatoms. The van der Waals surface area contributed by atoms with Crippen LogP contribution in [0.25, 0.3) is 0 Å². The van der Waals surface area contributed by atoms with E-state index in [0.29, 0.717) is 29.7 Å². The van der Waals surface area contributed by atoms with E-state index in [4.69, 9.17) is 10.00 Å². The van der Waals surface area contributed by atoms with Crippen LogP contribution in [0.4, 0.5) is 4.39 Å². The lowest BCUT2D eigenvalue weighted by Gasteiger charge is -2.22. The molecule has 0 saturated heterocycles. The molecule has 1 saturated carbocycles. The fourth-order valence-corrected chi connectivity index (χ4v) is 2.92. The highest BCUT2D eigenvalue weighted by molar-refractivity contribution is 5.79. The number of hydrogen-bond donors (Lipinski definition) is 2. The number of aliphatic imine (C=N–C) groups is 1. The fraction of sp³-hybridized carbons (Fsp3) is 0.579. The van der Waals surface area contributed by atoms with Gasteiger partial charge in [-0.25, -0.2) is 4.39 Å². The van der Waals surface area contributed by atoms with Crippen molar-refractivity contribution in [2.75, 3.05) is 20.2 Å². The van der Waals surface area contributed by atoms with Crippen molar-refractivity contribution in [1.29, 1.82) is 5.26 Å². The van der Waals surface area contributed by atoms with Gasteiger partial charge in [0.2, 0.25) is 0 Å². The molecule has 25 heavy (non-hydrogen) atoms. The molecule has 0 bridgehead atoms. The maximum absolute atomic E-state index is 13.9. The van der Waals surface area contributed by atoms with Crippen LogP contribution in [0.5, 0.6) is 0 Å². The van der Waals surface area contributed by atoms with Crippen molar-refractivity contribution in [1.82, 2.24) is 10.6 Å². The summed E-state index contributed by atoms with van der Waals surface area (Å²) >= 11 is 0. The number of nitrogens with zero attached hydrogens (tertiary/aromatic N) is 2. The first-order valence-electron chi connectivity index (χ1n) is 8.97. The summed E-state index contributed by atoms with van der Waals surface area (Å²) in [6.07, 6.45) is 7.62. The Labute approximate surface area is 149 Å². The van der Waals surface area contributed by atoms with Gasteiger partial charge in [-0.2, -0.15) is 5.26 Å². The Balaban J connectivity index is 1.64. The van der Waals surface area contributed by atoms with E-state index >= 15 is 0 Å². The lowest BCUT2D eigenvalue weighted by molar-refractivity contribution is 0.0277. The number of rotatable bonds is 7. The van der Waals surface area contributed by atoms with Gasteiger partial charge in [0.05, 0.1) is 17.7 Å². The largest absolute Gasteiger partial charge is 0.378 e. The van der Waals surface area contributed by atoms with Crippen LogP contribution in [0.2, 0.25) is 0 Å². The number of guanidine groups is 1. The Hall–Kier alpha value is -2.13. The fourth-order valence-electron chi connectivity index (χ4n) is 2.92. The van der Waals surface area contributed by atoms with Crippen molar-refractivity contribution in [3.05, 3.63) is 35.1 Å². The van der Waals surface area contributed by atoms with Gasteiger partial charge >= 0.3 is 0 Å². The molecule has 2 N–H and O–H groups in total. The highest BCUT2D eigenvalue weighted by Gasteiger charge is 2.13. The molecule has 1 aliphatic carbocycles. The number of nitriles is 1. The van der Waals surface area contributed by atoms with Gasteiger partial charge in [0, 0.05) is 32.3 Å². The highest BCUT2D eigenvalue weighted by Crippen LogP contribution is 2.20. The molecule has 0 heterocycles. The van der Waals surface area contributed by atoms with Crippen molar-refractivity contribution in [3.63, 3.8) is 0 Å². The van der Waals surface area contributed by atoms with E-state index in [1.165, 1.54) is 38.2 Å². The van der Waals surface area contributed by atoms with Crippen LogP contribution in [0.3, 0.4) is 0 Å². The Morgan fingerprint density at radius 2 is 2.12 bits per heavy atom. The van der Waals surface area contributed by atoms with Gasteiger partial charge in [-0.1, -0.05) is 25.3 Å². The molecule has 0 amide bonds. The minimum Gasteiger partial charge on any atom is -0.378 e. The molecular formula is C19H27FN4O. The maximum Gasteiger partial charge on any atom is 0.191 e. The van der Waals surface area contributed by atoms with Crippen LogP contribution < -0.4 is 10.6 Å². The van der Waals surface area contributed by atoms with Crippen LogP contribution in [0.15, 0.2) is 23.2 Å². The summed E-state index contributed by atoms with van der Waals surface area (Å²) < 4.78 is 19.7.